The first-order chi connectivity index (χ1) is 11.6. The van der Waals surface area contributed by atoms with E-state index in [1.165, 1.54) is 5.56 Å². The summed E-state index contributed by atoms with van der Waals surface area (Å²) in [6.07, 6.45) is 3.46. The Labute approximate surface area is 149 Å². The van der Waals surface area contributed by atoms with E-state index < -0.39 is 5.60 Å². The van der Waals surface area contributed by atoms with Crippen LogP contribution in [-0.2, 0) is 12.0 Å². The molecule has 0 aliphatic carbocycles. The predicted octanol–water partition coefficient (Wildman–Crippen LogP) is 3.25. The van der Waals surface area contributed by atoms with Crippen LogP contribution in [0, 0.1) is 0 Å². The third kappa shape index (κ3) is 4.90. The van der Waals surface area contributed by atoms with Gasteiger partial charge >= 0.3 is 0 Å². The monoisotopic (exact) mass is 344 g/mol. The summed E-state index contributed by atoms with van der Waals surface area (Å²) in [6.45, 7) is 5.96. The lowest BCUT2D eigenvalue weighted by Crippen LogP contribution is -2.46. The molecule has 1 aromatic heterocycles. The van der Waals surface area contributed by atoms with E-state index in [0.717, 1.165) is 43.8 Å². The van der Waals surface area contributed by atoms with Crippen molar-refractivity contribution in [1.82, 2.24) is 10.2 Å². The molecule has 2 N–H and O–H groups in total. The van der Waals surface area contributed by atoms with Gasteiger partial charge < -0.3 is 15.3 Å². The number of likely N-dealkylation sites (tertiary alicyclic amines) is 1. The molecule has 2 heterocycles. The summed E-state index contributed by atoms with van der Waals surface area (Å²) in [5.74, 6) is 0. The molecule has 24 heavy (non-hydrogen) atoms. The van der Waals surface area contributed by atoms with Crippen molar-refractivity contribution in [1.29, 1.82) is 0 Å². The minimum Gasteiger partial charge on any atom is -0.383 e. The normalized spacial score (nSPS) is 19.2. The van der Waals surface area contributed by atoms with Crippen molar-refractivity contribution in [3.05, 3.63) is 58.3 Å². The molecule has 1 aliphatic heterocycles. The van der Waals surface area contributed by atoms with Crippen LogP contribution in [-0.4, -0.2) is 42.2 Å². The molecule has 0 saturated carbocycles. The van der Waals surface area contributed by atoms with Gasteiger partial charge in [-0.2, -0.15) is 0 Å². The number of nitrogens with zero attached hydrogens (tertiary/aromatic N) is 1. The van der Waals surface area contributed by atoms with E-state index in [1.807, 2.05) is 24.4 Å². The van der Waals surface area contributed by atoms with Crippen LogP contribution in [0.4, 0.5) is 0 Å². The number of nitrogens with one attached hydrogen (secondary N) is 1. The maximum Gasteiger partial charge on any atom is 0.108 e. The minimum absolute atomic E-state index is 0.518. The van der Waals surface area contributed by atoms with Gasteiger partial charge in [0.1, 0.15) is 5.60 Å². The predicted molar refractivity (Wildman–Crippen MR) is 102 cm³/mol. The summed E-state index contributed by atoms with van der Waals surface area (Å²) in [5.41, 5.74) is 0.656. The van der Waals surface area contributed by atoms with Crippen LogP contribution < -0.4 is 5.32 Å². The number of rotatable bonds is 7. The highest BCUT2D eigenvalue weighted by molar-refractivity contribution is 7.10. The van der Waals surface area contributed by atoms with Crippen LogP contribution in [0.1, 0.15) is 30.2 Å². The van der Waals surface area contributed by atoms with Crippen LogP contribution in [0.2, 0.25) is 0 Å². The molecule has 3 rings (SSSR count). The Balaban J connectivity index is 1.38. The van der Waals surface area contributed by atoms with Gasteiger partial charge in [-0.3, -0.25) is 0 Å². The smallest absolute Gasteiger partial charge is 0.108 e. The summed E-state index contributed by atoms with van der Waals surface area (Å²) in [6, 6.07) is 15.3. The van der Waals surface area contributed by atoms with Gasteiger partial charge in [-0.15, -0.1) is 11.3 Å². The highest BCUT2D eigenvalue weighted by atomic mass is 32.1. The maximum atomic E-state index is 10.6. The van der Waals surface area contributed by atoms with Crippen LogP contribution in [0.15, 0.2) is 47.8 Å². The van der Waals surface area contributed by atoms with E-state index in [4.69, 9.17) is 0 Å². The molecule has 0 amide bonds. The summed E-state index contributed by atoms with van der Waals surface area (Å²) in [5, 5.41) is 16.2. The average Bonchev–Trinajstić information content (AvgIpc) is 3.16. The zero-order chi connectivity index (χ0) is 16.8. The highest BCUT2D eigenvalue weighted by Gasteiger charge is 2.26. The molecule has 1 aliphatic rings. The molecule has 2 aromatic rings. The number of aliphatic hydroxyl groups is 1. The van der Waals surface area contributed by atoms with E-state index in [-0.39, 0.29) is 0 Å². The minimum atomic E-state index is -0.765. The topological polar surface area (TPSA) is 35.5 Å². The second-order valence-corrected chi connectivity index (χ2v) is 7.93. The van der Waals surface area contributed by atoms with Gasteiger partial charge in [-0.25, -0.2) is 0 Å². The summed E-state index contributed by atoms with van der Waals surface area (Å²) >= 11 is 1.62. The number of benzene rings is 1. The molecule has 1 atom stereocenters. The Bertz CT molecular complexity index is 589. The molecule has 3 nitrogen and oxygen atoms in total. The molecule has 1 fully saturated rings. The molecule has 0 spiro atoms. The van der Waals surface area contributed by atoms with Crippen LogP contribution in [0.25, 0.3) is 0 Å². The van der Waals surface area contributed by atoms with Gasteiger partial charge in [0, 0.05) is 24.0 Å². The quantitative estimate of drug-likeness (QED) is 0.809. The second-order valence-electron chi connectivity index (χ2n) is 6.98. The van der Waals surface area contributed by atoms with Gasteiger partial charge in [0.05, 0.1) is 0 Å². The fourth-order valence-corrected chi connectivity index (χ4v) is 4.09. The van der Waals surface area contributed by atoms with E-state index in [0.29, 0.717) is 12.6 Å². The van der Waals surface area contributed by atoms with Crippen molar-refractivity contribution in [2.75, 3.05) is 26.2 Å². The van der Waals surface area contributed by atoms with E-state index in [2.05, 4.69) is 40.5 Å². The standard InChI is InChI=1S/C20H28N2OS/c1-20(23,19-8-5-15-24-19)16-21-18-10-13-22(14-11-18)12-9-17-6-3-2-4-7-17/h2-8,15,18,21,23H,9-14,16H2,1H3. The van der Waals surface area contributed by atoms with E-state index in [1.54, 1.807) is 11.3 Å². The third-order valence-electron chi connectivity index (χ3n) is 4.93. The summed E-state index contributed by atoms with van der Waals surface area (Å²) < 4.78 is 0. The lowest BCUT2D eigenvalue weighted by molar-refractivity contribution is 0.0537. The molecule has 0 bridgehead atoms. The van der Waals surface area contributed by atoms with Gasteiger partial charge in [0.25, 0.3) is 0 Å². The zero-order valence-corrected chi connectivity index (χ0v) is 15.3. The van der Waals surface area contributed by atoms with Crippen molar-refractivity contribution in [2.45, 2.75) is 37.8 Å². The van der Waals surface area contributed by atoms with E-state index >= 15 is 0 Å². The molecule has 1 aromatic carbocycles. The molecule has 1 saturated heterocycles. The largest absolute Gasteiger partial charge is 0.383 e. The number of hydrogen-bond acceptors (Lipinski definition) is 4. The second kappa shape index (κ2) is 8.26. The van der Waals surface area contributed by atoms with Crippen LogP contribution >= 0.6 is 11.3 Å². The highest BCUT2D eigenvalue weighted by Crippen LogP contribution is 2.25. The first-order valence-electron chi connectivity index (χ1n) is 8.89. The van der Waals surface area contributed by atoms with Crippen LogP contribution in [0.5, 0.6) is 0 Å². The molecule has 4 heteroatoms. The van der Waals surface area contributed by atoms with Crippen molar-refractivity contribution < 1.29 is 5.11 Å². The SMILES string of the molecule is CC(O)(CNC1CCN(CCc2ccccc2)CC1)c1cccs1. The maximum absolute atomic E-state index is 10.6. The van der Waals surface area contributed by atoms with Gasteiger partial charge in [0.2, 0.25) is 0 Å². The zero-order valence-electron chi connectivity index (χ0n) is 14.4. The van der Waals surface area contributed by atoms with Crippen molar-refractivity contribution >= 4 is 11.3 Å². The third-order valence-corrected chi connectivity index (χ3v) is 6.06. The lowest BCUT2D eigenvalue weighted by atomic mass is 10.0. The van der Waals surface area contributed by atoms with Gasteiger partial charge in [-0.05, 0) is 56.3 Å². The number of thiophene rings is 1. The Morgan fingerprint density at radius 2 is 1.92 bits per heavy atom. The molecule has 0 radical (unpaired) electrons. The lowest BCUT2D eigenvalue weighted by Gasteiger charge is -2.34. The first kappa shape index (κ1) is 17.6. The number of hydrogen-bond donors (Lipinski definition) is 2. The number of piperidine rings is 1. The molecular weight excluding hydrogens is 316 g/mol. The summed E-state index contributed by atoms with van der Waals surface area (Å²) in [4.78, 5) is 3.60. The Hall–Kier alpha value is -1.20. The van der Waals surface area contributed by atoms with Crippen molar-refractivity contribution in [2.24, 2.45) is 0 Å². The molecule has 130 valence electrons. The van der Waals surface area contributed by atoms with Gasteiger partial charge in [-0.1, -0.05) is 36.4 Å². The Morgan fingerprint density at radius 1 is 1.17 bits per heavy atom. The fourth-order valence-electron chi connectivity index (χ4n) is 3.31. The van der Waals surface area contributed by atoms with Crippen molar-refractivity contribution in [3.63, 3.8) is 0 Å². The first-order valence-corrected chi connectivity index (χ1v) is 9.77. The molecule has 1 unspecified atom stereocenters. The summed E-state index contributed by atoms with van der Waals surface area (Å²) in [7, 11) is 0. The van der Waals surface area contributed by atoms with Crippen molar-refractivity contribution in [3.8, 4) is 0 Å². The Morgan fingerprint density at radius 3 is 2.58 bits per heavy atom. The molecular formula is C20H28N2OS. The average molecular weight is 345 g/mol. The Kier molecular flexibility index (Phi) is 6.06. The van der Waals surface area contributed by atoms with E-state index in [9.17, 15) is 5.11 Å². The van der Waals surface area contributed by atoms with Gasteiger partial charge in [0.15, 0.2) is 0 Å². The van der Waals surface area contributed by atoms with Crippen LogP contribution in [0.3, 0.4) is 0 Å². The fraction of sp³-hybridized carbons (Fsp3) is 0.500.